The lowest BCUT2D eigenvalue weighted by molar-refractivity contribution is 0.274. The molecule has 2 atom stereocenters. The van der Waals surface area contributed by atoms with Crippen LogP contribution in [0.15, 0.2) is 18.2 Å². The third kappa shape index (κ3) is 3.03. The normalized spacial score (nSPS) is 27.6. The van der Waals surface area contributed by atoms with E-state index in [1.807, 2.05) is 0 Å². The van der Waals surface area contributed by atoms with Gasteiger partial charge >= 0.3 is 0 Å². The van der Waals surface area contributed by atoms with Crippen molar-refractivity contribution in [1.29, 1.82) is 0 Å². The van der Waals surface area contributed by atoms with E-state index >= 15 is 0 Å². The Morgan fingerprint density at radius 1 is 1.47 bits per heavy atom. The minimum atomic E-state index is -0.191. The molecule has 19 heavy (non-hydrogen) atoms. The number of halogens is 2. The fourth-order valence-electron chi connectivity index (χ4n) is 2.62. The third-order valence-electron chi connectivity index (χ3n) is 4.19. The van der Waals surface area contributed by atoms with Gasteiger partial charge in [0.25, 0.3) is 0 Å². The average molecular weight is 285 g/mol. The second kappa shape index (κ2) is 5.68. The molecule has 0 aromatic heterocycles. The first-order chi connectivity index (χ1) is 8.99. The minimum absolute atomic E-state index is 0.0282. The number of anilines is 1. The molecule has 4 heteroatoms. The first-order valence-electron chi connectivity index (χ1n) is 6.96. The number of nitrogens with zero attached hydrogens (tertiary/aromatic N) is 1. The van der Waals surface area contributed by atoms with Crippen LogP contribution in [-0.2, 0) is 0 Å². The molecule has 0 radical (unpaired) electrons. The van der Waals surface area contributed by atoms with E-state index in [-0.39, 0.29) is 11.4 Å². The predicted molar refractivity (Wildman–Crippen MR) is 79.5 cm³/mol. The molecule has 1 aliphatic rings. The Balaban J connectivity index is 2.35. The molecule has 2 nitrogen and oxygen atoms in total. The van der Waals surface area contributed by atoms with E-state index in [1.165, 1.54) is 6.07 Å². The first kappa shape index (κ1) is 14.6. The maximum Gasteiger partial charge on any atom is 0.146 e. The lowest BCUT2D eigenvalue weighted by Crippen LogP contribution is -2.63. The number of nitrogens with one attached hydrogen (secondary N) is 1. The molecule has 2 rings (SSSR count). The van der Waals surface area contributed by atoms with E-state index in [0.29, 0.717) is 16.8 Å². The van der Waals surface area contributed by atoms with Crippen molar-refractivity contribution in [2.45, 2.75) is 45.2 Å². The van der Waals surface area contributed by atoms with Gasteiger partial charge in [0.05, 0.1) is 5.69 Å². The van der Waals surface area contributed by atoms with E-state index in [2.05, 4.69) is 31.0 Å². The number of piperazine rings is 1. The van der Waals surface area contributed by atoms with Gasteiger partial charge < -0.3 is 10.2 Å². The van der Waals surface area contributed by atoms with E-state index in [4.69, 9.17) is 11.6 Å². The molecule has 1 aliphatic heterocycles. The molecule has 0 spiro atoms. The Labute approximate surface area is 119 Å². The minimum Gasteiger partial charge on any atom is -0.363 e. The molecular weight excluding hydrogens is 263 g/mol. The number of hydrogen-bond donors (Lipinski definition) is 1. The fourth-order valence-corrected chi connectivity index (χ4v) is 2.79. The molecule has 0 amide bonds. The summed E-state index contributed by atoms with van der Waals surface area (Å²) in [6.07, 6.45) is 2.00. The second-order valence-corrected chi connectivity index (χ2v) is 6.02. The molecule has 0 saturated carbocycles. The van der Waals surface area contributed by atoms with Gasteiger partial charge in [-0.05, 0) is 38.0 Å². The van der Waals surface area contributed by atoms with Crippen LogP contribution in [0.5, 0.6) is 0 Å². The van der Waals surface area contributed by atoms with Gasteiger partial charge in [-0.2, -0.15) is 0 Å². The largest absolute Gasteiger partial charge is 0.363 e. The van der Waals surface area contributed by atoms with Gasteiger partial charge in [0.1, 0.15) is 5.82 Å². The van der Waals surface area contributed by atoms with Crippen LogP contribution in [0.4, 0.5) is 10.1 Å². The maximum absolute atomic E-state index is 14.1. The van der Waals surface area contributed by atoms with Crippen LogP contribution in [0.2, 0.25) is 5.02 Å². The third-order valence-corrected chi connectivity index (χ3v) is 4.43. The van der Waals surface area contributed by atoms with Gasteiger partial charge in [-0.15, -0.1) is 0 Å². The van der Waals surface area contributed by atoms with Crippen LogP contribution in [0, 0.1) is 5.82 Å². The highest BCUT2D eigenvalue weighted by Crippen LogP contribution is 2.30. The van der Waals surface area contributed by atoms with Crippen LogP contribution < -0.4 is 10.2 Å². The van der Waals surface area contributed by atoms with Crippen molar-refractivity contribution in [3.05, 3.63) is 29.0 Å². The van der Waals surface area contributed by atoms with E-state index in [9.17, 15) is 4.39 Å². The zero-order chi connectivity index (χ0) is 14.0. The Morgan fingerprint density at radius 2 is 2.21 bits per heavy atom. The van der Waals surface area contributed by atoms with Crippen molar-refractivity contribution in [3.63, 3.8) is 0 Å². The molecule has 0 aliphatic carbocycles. The van der Waals surface area contributed by atoms with Crippen molar-refractivity contribution in [1.82, 2.24) is 5.32 Å². The summed E-state index contributed by atoms with van der Waals surface area (Å²) in [5, 5.41) is 4.17. The fraction of sp³-hybridized carbons (Fsp3) is 0.600. The first-order valence-corrected chi connectivity index (χ1v) is 7.33. The highest BCUT2D eigenvalue weighted by Gasteiger charge is 2.34. The van der Waals surface area contributed by atoms with Crippen LogP contribution in [0.25, 0.3) is 0 Å². The number of rotatable bonds is 3. The van der Waals surface area contributed by atoms with Crippen LogP contribution >= 0.6 is 11.6 Å². The lowest BCUT2D eigenvalue weighted by Gasteiger charge is -2.47. The summed E-state index contributed by atoms with van der Waals surface area (Å²) in [5.74, 6) is -0.191. The van der Waals surface area contributed by atoms with Crippen molar-refractivity contribution < 1.29 is 4.39 Å². The summed E-state index contributed by atoms with van der Waals surface area (Å²) in [6.45, 7) is 8.17. The van der Waals surface area contributed by atoms with Gasteiger partial charge in [0.15, 0.2) is 0 Å². The second-order valence-electron chi connectivity index (χ2n) is 5.58. The molecule has 1 fully saturated rings. The number of benzene rings is 1. The van der Waals surface area contributed by atoms with Crippen LogP contribution in [-0.4, -0.2) is 24.7 Å². The van der Waals surface area contributed by atoms with Crippen LogP contribution in [0.3, 0.4) is 0 Å². The lowest BCUT2D eigenvalue weighted by atomic mass is 9.92. The average Bonchev–Trinajstić information content (AvgIpc) is 2.41. The molecule has 1 aromatic rings. The summed E-state index contributed by atoms with van der Waals surface area (Å²) < 4.78 is 14.1. The maximum atomic E-state index is 14.1. The standard InChI is InChI=1S/C15H22ClFN2/c1-4-12-9-18-15(3,5-2)10-19(12)14-8-11(16)6-7-13(14)17/h6-8,12,18H,4-5,9-10H2,1-3H3. The Hall–Kier alpha value is -0.800. The summed E-state index contributed by atoms with van der Waals surface area (Å²) in [5.41, 5.74) is 0.654. The van der Waals surface area contributed by atoms with Gasteiger partial charge in [-0.3, -0.25) is 0 Å². The topological polar surface area (TPSA) is 15.3 Å². The zero-order valence-corrected chi connectivity index (χ0v) is 12.6. The zero-order valence-electron chi connectivity index (χ0n) is 11.8. The Kier molecular flexibility index (Phi) is 4.36. The van der Waals surface area contributed by atoms with Crippen LogP contribution in [0.1, 0.15) is 33.6 Å². The van der Waals surface area contributed by atoms with Gasteiger partial charge in [0, 0.05) is 29.7 Å². The summed E-state index contributed by atoms with van der Waals surface area (Å²) >= 11 is 6.02. The molecule has 1 saturated heterocycles. The predicted octanol–water partition coefficient (Wildman–Crippen LogP) is 3.84. The Morgan fingerprint density at radius 3 is 2.84 bits per heavy atom. The molecule has 0 bridgehead atoms. The van der Waals surface area contributed by atoms with Crippen molar-refractivity contribution >= 4 is 17.3 Å². The molecule has 1 heterocycles. The van der Waals surface area contributed by atoms with Gasteiger partial charge in [-0.1, -0.05) is 25.4 Å². The molecule has 1 aromatic carbocycles. The summed E-state index contributed by atoms with van der Waals surface area (Å²) in [4.78, 5) is 2.17. The van der Waals surface area contributed by atoms with E-state index < -0.39 is 0 Å². The van der Waals surface area contributed by atoms with Gasteiger partial charge in [-0.25, -0.2) is 4.39 Å². The molecule has 1 N–H and O–H groups in total. The molecule has 106 valence electrons. The van der Waals surface area contributed by atoms with Gasteiger partial charge in [0.2, 0.25) is 0 Å². The highest BCUT2D eigenvalue weighted by atomic mass is 35.5. The Bertz CT molecular complexity index is 452. The van der Waals surface area contributed by atoms with E-state index in [1.54, 1.807) is 12.1 Å². The summed E-state index contributed by atoms with van der Waals surface area (Å²) in [6, 6.07) is 5.10. The molecular formula is C15H22ClFN2. The summed E-state index contributed by atoms with van der Waals surface area (Å²) in [7, 11) is 0. The van der Waals surface area contributed by atoms with E-state index in [0.717, 1.165) is 25.9 Å². The van der Waals surface area contributed by atoms with Crippen molar-refractivity contribution in [2.24, 2.45) is 0 Å². The van der Waals surface area contributed by atoms with Crippen molar-refractivity contribution in [3.8, 4) is 0 Å². The monoisotopic (exact) mass is 284 g/mol. The SMILES string of the molecule is CCC1CNC(C)(CC)CN1c1cc(Cl)ccc1F. The molecule has 2 unspecified atom stereocenters. The highest BCUT2D eigenvalue weighted by molar-refractivity contribution is 6.30. The quantitative estimate of drug-likeness (QED) is 0.907. The smallest absolute Gasteiger partial charge is 0.146 e. The van der Waals surface area contributed by atoms with Crippen molar-refractivity contribution in [2.75, 3.05) is 18.0 Å². The number of hydrogen-bond acceptors (Lipinski definition) is 2.